The van der Waals surface area contributed by atoms with Gasteiger partial charge in [0.25, 0.3) is 0 Å². The molecule has 0 saturated carbocycles. The lowest BCUT2D eigenvalue weighted by Gasteiger charge is -2.32. The number of nitrogens with zero attached hydrogens (tertiary/aromatic N) is 1. The monoisotopic (exact) mass is 424 g/mol. The molecule has 1 aliphatic heterocycles. The van der Waals surface area contributed by atoms with Crippen LogP contribution in [0.5, 0.6) is 0 Å². The van der Waals surface area contributed by atoms with Crippen LogP contribution < -0.4 is 5.32 Å². The first kappa shape index (κ1) is 27.4. The van der Waals surface area contributed by atoms with Crippen molar-refractivity contribution in [2.75, 3.05) is 26.3 Å². The van der Waals surface area contributed by atoms with Crippen molar-refractivity contribution in [2.24, 2.45) is 23.7 Å². The van der Waals surface area contributed by atoms with E-state index in [4.69, 9.17) is 4.74 Å². The molecular weight excluding hydrogens is 372 g/mol. The molecule has 0 aromatic heterocycles. The summed E-state index contributed by atoms with van der Waals surface area (Å²) in [6, 6.07) is 0. The Bertz CT molecular complexity index is 435. The molecule has 30 heavy (non-hydrogen) atoms. The van der Waals surface area contributed by atoms with Crippen LogP contribution in [0.1, 0.15) is 106 Å². The van der Waals surface area contributed by atoms with E-state index in [2.05, 4.69) is 51.8 Å². The topological polar surface area (TPSA) is 41.6 Å². The van der Waals surface area contributed by atoms with Gasteiger partial charge in [0.1, 0.15) is 0 Å². The minimum atomic E-state index is 0.112. The quantitative estimate of drug-likeness (QED) is 0.318. The minimum Gasteiger partial charge on any atom is -0.379 e. The maximum absolute atomic E-state index is 12.4. The van der Waals surface area contributed by atoms with Crippen LogP contribution in [0, 0.1) is 23.7 Å². The highest BCUT2D eigenvalue weighted by Gasteiger charge is 2.19. The van der Waals surface area contributed by atoms with Crippen molar-refractivity contribution in [2.45, 2.75) is 112 Å². The summed E-state index contributed by atoms with van der Waals surface area (Å²) in [5.41, 5.74) is 0. The zero-order chi connectivity index (χ0) is 22.4. The number of carbonyl (C=O) groups excluding carboxylic acids is 1. The van der Waals surface area contributed by atoms with E-state index in [1.54, 1.807) is 0 Å². The second-order valence-corrected chi connectivity index (χ2v) is 10.6. The molecule has 0 aromatic carbocycles. The Morgan fingerprint density at radius 2 is 1.23 bits per heavy atom. The van der Waals surface area contributed by atoms with Crippen LogP contribution in [0.15, 0.2) is 0 Å². The van der Waals surface area contributed by atoms with Gasteiger partial charge in [-0.15, -0.1) is 0 Å². The largest absolute Gasteiger partial charge is 0.379 e. The number of amides is 1. The summed E-state index contributed by atoms with van der Waals surface area (Å²) in [7, 11) is 0. The van der Waals surface area contributed by atoms with Gasteiger partial charge in [-0.05, 0) is 30.6 Å². The second kappa shape index (κ2) is 16.1. The first-order chi connectivity index (χ1) is 14.3. The average Bonchev–Trinajstić information content (AvgIpc) is 2.68. The van der Waals surface area contributed by atoms with Crippen molar-refractivity contribution in [1.29, 1.82) is 0 Å². The van der Waals surface area contributed by atoms with Crippen molar-refractivity contribution >= 4 is 5.91 Å². The predicted octanol–water partition coefficient (Wildman–Crippen LogP) is 6.25. The van der Waals surface area contributed by atoms with E-state index in [1.165, 1.54) is 51.4 Å². The van der Waals surface area contributed by atoms with E-state index in [0.29, 0.717) is 12.3 Å². The third-order valence-electron chi connectivity index (χ3n) is 6.76. The molecule has 178 valence electrons. The number of ether oxygens (including phenoxy) is 1. The van der Waals surface area contributed by atoms with Crippen LogP contribution in [0.25, 0.3) is 0 Å². The molecule has 0 radical (unpaired) electrons. The predicted molar refractivity (Wildman–Crippen MR) is 128 cm³/mol. The van der Waals surface area contributed by atoms with Crippen molar-refractivity contribution in [3.63, 3.8) is 0 Å². The molecule has 4 atom stereocenters. The number of carbonyl (C=O) groups is 1. The number of hydrogen-bond acceptors (Lipinski definition) is 3. The maximum atomic E-state index is 12.4. The second-order valence-electron chi connectivity index (χ2n) is 10.6. The van der Waals surface area contributed by atoms with Gasteiger partial charge in [-0.1, -0.05) is 92.4 Å². The van der Waals surface area contributed by atoms with E-state index < -0.39 is 0 Å². The van der Waals surface area contributed by atoms with Gasteiger partial charge >= 0.3 is 0 Å². The fraction of sp³-hybridized carbons (Fsp3) is 0.962. The van der Waals surface area contributed by atoms with Crippen molar-refractivity contribution in [1.82, 2.24) is 10.2 Å². The smallest absolute Gasteiger partial charge is 0.221 e. The summed E-state index contributed by atoms with van der Waals surface area (Å²) in [4.78, 5) is 14.6. The summed E-state index contributed by atoms with van der Waals surface area (Å²) in [5, 5.41) is 3.17. The Labute approximate surface area is 187 Å². The summed E-state index contributed by atoms with van der Waals surface area (Å²) in [6.45, 7) is 17.2. The molecule has 1 rings (SSSR count). The van der Waals surface area contributed by atoms with Gasteiger partial charge in [-0.2, -0.15) is 0 Å². The summed E-state index contributed by atoms with van der Waals surface area (Å²) in [5.74, 6) is 3.21. The van der Waals surface area contributed by atoms with E-state index in [1.807, 2.05) is 0 Å². The fourth-order valence-electron chi connectivity index (χ4n) is 4.56. The molecule has 1 N–H and O–H groups in total. The molecular formula is C26H52N2O2. The lowest BCUT2D eigenvalue weighted by atomic mass is 9.90. The minimum absolute atomic E-state index is 0.112. The number of morpholine rings is 1. The first-order valence-electron chi connectivity index (χ1n) is 12.9. The van der Waals surface area contributed by atoms with E-state index in [-0.39, 0.29) is 12.1 Å². The highest BCUT2D eigenvalue weighted by atomic mass is 16.5. The van der Waals surface area contributed by atoms with Crippen molar-refractivity contribution < 1.29 is 9.53 Å². The fourth-order valence-corrected chi connectivity index (χ4v) is 4.56. The number of hydrogen-bond donors (Lipinski definition) is 1. The molecule has 1 amide bonds. The highest BCUT2D eigenvalue weighted by molar-refractivity contribution is 5.76. The van der Waals surface area contributed by atoms with Gasteiger partial charge in [0.05, 0.1) is 19.4 Å². The number of nitrogens with one attached hydrogen (secondary N) is 1. The van der Waals surface area contributed by atoms with E-state index in [0.717, 1.165) is 50.5 Å². The van der Waals surface area contributed by atoms with Gasteiger partial charge in [0.15, 0.2) is 0 Å². The molecule has 4 heteroatoms. The molecule has 0 spiro atoms. The van der Waals surface area contributed by atoms with Crippen LogP contribution >= 0.6 is 0 Å². The van der Waals surface area contributed by atoms with Crippen LogP contribution in [-0.2, 0) is 9.53 Å². The Morgan fingerprint density at radius 1 is 0.767 bits per heavy atom. The Morgan fingerprint density at radius 3 is 1.73 bits per heavy atom. The Balaban J connectivity index is 2.05. The van der Waals surface area contributed by atoms with Crippen LogP contribution in [-0.4, -0.2) is 43.3 Å². The number of rotatable bonds is 16. The summed E-state index contributed by atoms with van der Waals surface area (Å²) >= 11 is 0. The molecule has 1 fully saturated rings. The third kappa shape index (κ3) is 13.6. The standard InChI is InChI=1S/C26H52N2O2/c1-21(2)10-7-11-22(3)12-8-13-23(4)14-9-15-24(5)20-26(29)27-25(6)28-16-18-30-19-17-28/h21-25H,7-20H2,1-6H3,(H,27,29). The summed E-state index contributed by atoms with van der Waals surface area (Å²) in [6.07, 6.45) is 12.8. The molecule has 4 nitrogen and oxygen atoms in total. The lowest BCUT2D eigenvalue weighted by molar-refractivity contribution is -0.124. The van der Waals surface area contributed by atoms with Gasteiger partial charge in [-0.25, -0.2) is 0 Å². The third-order valence-corrected chi connectivity index (χ3v) is 6.76. The average molecular weight is 425 g/mol. The molecule has 1 heterocycles. The van der Waals surface area contributed by atoms with Gasteiger partial charge in [0.2, 0.25) is 5.91 Å². The maximum Gasteiger partial charge on any atom is 0.221 e. The van der Waals surface area contributed by atoms with Crippen LogP contribution in [0.3, 0.4) is 0 Å². The van der Waals surface area contributed by atoms with Crippen molar-refractivity contribution in [3.8, 4) is 0 Å². The molecule has 0 aromatic rings. The van der Waals surface area contributed by atoms with Gasteiger partial charge in [-0.3, -0.25) is 9.69 Å². The first-order valence-corrected chi connectivity index (χ1v) is 12.9. The van der Waals surface area contributed by atoms with E-state index in [9.17, 15) is 4.79 Å². The van der Waals surface area contributed by atoms with Crippen LogP contribution in [0.4, 0.5) is 0 Å². The zero-order valence-electron chi connectivity index (χ0n) is 21.0. The molecule has 1 saturated heterocycles. The van der Waals surface area contributed by atoms with Crippen molar-refractivity contribution in [3.05, 3.63) is 0 Å². The Hall–Kier alpha value is -0.610. The Kier molecular flexibility index (Phi) is 14.7. The molecule has 0 bridgehead atoms. The lowest BCUT2D eigenvalue weighted by Crippen LogP contribution is -2.50. The van der Waals surface area contributed by atoms with Gasteiger partial charge < -0.3 is 10.1 Å². The normalized spacial score (nSPS) is 19.4. The van der Waals surface area contributed by atoms with Gasteiger partial charge in [0, 0.05) is 19.5 Å². The SMILES string of the molecule is CC(C)CCCC(C)CCCC(C)CCCC(C)CC(=O)NC(C)N1CCOCC1. The van der Waals surface area contributed by atoms with Crippen LogP contribution in [0.2, 0.25) is 0 Å². The zero-order valence-corrected chi connectivity index (χ0v) is 21.0. The molecule has 1 aliphatic rings. The molecule has 4 unspecified atom stereocenters. The molecule has 0 aliphatic carbocycles. The van der Waals surface area contributed by atoms with E-state index >= 15 is 0 Å². The highest BCUT2D eigenvalue weighted by Crippen LogP contribution is 2.22. The summed E-state index contributed by atoms with van der Waals surface area (Å²) < 4.78 is 5.39.